The second-order valence-corrected chi connectivity index (χ2v) is 10.9. The van der Waals surface area contributed by atoms with Gasteiger partial charge in [-0.25, -0.2) is 15.0 Å². The van der Waals surface area contributed by atoms with Crippen molar-refractivity contribution in [2.24, 2.45) is 0 Å². The molecule has 0 radical (unpaired) electrons. The van der Waals surface area contributed by atoms with Crippen LogP contribution in [-0.2, 0) is 0 Å². The molecule has 0 amide bonds. The second kappa shape index (κ2) is 11.0. The van der Waals surface area contributed by atoms with Crippen LogP contribution in [0.3, 0.4) is 0 Å². The fraction of sp³-hybridized carbons (Fsp3) is 0. The molecule has 0 aliphatic rings. The van der Waals surface area contributed by atoms with E-state index in [2.05, 4.69) is 102 Å². The van der Waals surface area contributed by atoms with Crippen LogP contribution in [0.15, 0.2) is 152 Å². The molecule has 0 aliphatic heterocycles. The average Bonchev–Trinajstić information content (AvgIpc) is 3.46. The van der Waals surface area contributed by atoms with E-state index in [-0.39, 0.29) is 0 Å². The number of hydrogen-bond donors (Lipinski definition) is 0. The Hall–Kier alpha value is -6.38. The summed E-state index contributed by atoms with van der Waals surface area (Å²) in [6.45, 7) is 0. The lowest BCUT2D eigenvalue weighted by molar-refractivity contribution is 1.07. The van der Waals surface area contributed by atoms with Crippen LogP contribution in [0.25, 0.3) is 72.8 Å². The van der Waals surface area contributed by atoms with Gasteiger partial charge in [-0.1, -0.05) is 109 Å². The van der Waals surface area contributed by atoms with Crippen LogP contribution in [-0.4, -0.2) is 19.5 Å². The number of nitrogens with zero attached hydrogens (tertiary/aromatic N) is 5. The average molecular weight is 576 g/mol. The van der Waals surface area contributed by atoms with Gasteiger partial charge in [-0.3, -0.25) is 0 Å². The Balaban J connectivity index is 1.21. The van der Waals surface area contributed by atoms with Gasteiger partial charge in [-0.05, 0) is 53.6 Å². The minimum absolute atomic E-state index is 0.528. The van der Waals surface area contributed by atoms with E-state index in [0.717, 1.165) is 33.5 Å². The highest BCUT2D eigenvalue weighted by Crippen LogP contribution is 2.35. The van der Waals surface area contributed by atoms with Gasteiger partial charge in [0, 0.05) is 33.2 Å². The fourth-order valence-corrected chi connectivity index (χ4v) is 5.90. The zero-order chi connectivity index (χ0) is 30.2. The first-order valence-corrected chi connectivity index (χ1v) is 14.8. The van der Waals surface area contributed by atoms with E-state index in [0.29, 0.717) is 23.0 Å². The molecule has 0 saturated carbocycles. The second-order valence-electron chi connectivity index (χ2n) is 10.9. The molecule has 0 spiro atoms. The lowest BCUT2D eigenvalue weighted by Gasteiger charge is -2.10. The third-order valence-corrected chi connectivity index (χ3v) is 8.08. The van der Waals surface area contributed by atoms with E-state index in [1.165, 1.54) is 21.8 Å². The molecule has 8 aromatic rings. The number of nitriles is 1. The first-order chi connectivity index (χ1) is 22.2. The SMILES string of the molecule is N#Cc1cccc(-c2nc(-c3ccccc3)nc(-c3ccc(-c4ccc5c(c4)c4ccccc4n5-c4ccccc4)cc3)n2)c1. The van der Waals surface area contributed by atoms with Crippen LogP contribution in [0.4, 0.5) is 0 Å². The van der Waals surface area contributed by atoms with Crippen LogP contribution in [0.1, 0.15) is 5.56 Å². The molecule has 210 valence electrons. The maximum absolute atomic E-state index is 9.45. The first-order valence-electron chi connectivity index (χ1n) is 14.8. The molecule has 8 rings (SSSR count). The predicted molar refractivity (Wildman–Crippen MR) is 181 cm³/mol. The lowest BCUT2D eigenvalue weighted by Crippen LogP contribution is -2.00. The third kappa shape index (κ3) is 4.81. The Bertz CT molecular complexity index is 2370. The summed E-state index contributed by atoms with van der Waals surface area (Å²) in [6.07, 6.45) is 0. The van der Waals surface area contributed by atoms with Crippen molar-refractivity contribution in [1.29, 1.82) is 5.26 Å². The van der Waals surface area contributed by atoms with Crippen molar-refractivity contribution in [3.8, 4) is 57.0 Å². The third-order valence-electron chi connectivity index (χ3n) is 8.08. The smallest absolute Gasteiger partial charge is 0.164 e. The molecular formula is C40H25N5. The first kappa shape index (κ1) is 26.3. The van der Waals surface area contributed by atoms with Crippen molar-refractivity contribution in [3.05, 3.63) is 157 Å². The van der Waals surface area contributed by atoms with E-state index in [1.807, 2.05) is 54.6 Å². The zero-order valence-electron chi connectivity index (χ0n) is 24.2. The number of fused-ring (bicyclic) bond motifs is 3. The number of para-hydroxylation sites is 2. The minimum atomic E-state index is 0.528. The van der Waals surface area contributed by atoms with E-state index in [1.54, 1.807) is 6.07 Å². The van der Waals surface area contributed by atoms with E-state index >= 15 is 0 Å². The quantitative estimate of drug-likeness (QED) is 0.205. The Morgan fingerprint density at radius 1 is 0.422 bits per heavy atom. The maximum atomic E-state index is 9.45. The molecule has 0 saturated heterocycles. The van der Waals surface area contributed by atoms with Gasteiger partial charge in [0.2, 0.25) is 0 Å². The molecule has 5 nitrogen and oxygen atoms in total. The molecule has 0 atom stereocenters. The van der Waals surface area contributed by atoms with Gasteiger partial charge in [-0.2, -0.15) is 5.26 Å². The lowest BCUT2D eigenvalue weighted by atomic mass is 10.0. The molecule has 0 unspecified atom stereocenters. The number of benzene rings is 6. The van der Waals surface area contributed by atoms with Crippen LogP contribution < -0.4 is 0 Å². The van der Waals surface area contributed by atoms with Crippen molar-refractivity contribution in [1.82, 2.24) is 19.5 Å². The van der Waals surface area contributed by atoms with Gasteiger partial charge < -0.3 is 4.57 Å². The highest BCUT2D eigenvalue weighted by molar-refractivity contribution is 6.10. The summed E-state index contributed by atoms with van der Waals surface area (Å²) in [6, 6.07) is 53.6. The summed E-state index contributed by atoms with van der Waals surface area (Å²) in [5.41, 5.74) is 8.87. The summed E-state index contributed by atoms with van der Waals surface area (Å²) < 4.78 is 2.33. The van der Waals surface area contributed by atoms with E-state index in [4.69, 9.17) is 15.0 Å². The van der Waals surface area contributed by atoms with Crippen molar-refractivity contribution in [3.63, 3.8) is 0 Å². The zero-order valence-corrected chi connectivity index (χ0v) is 24.2. The molecule has 0 fully saturated rings. The highest BCUT2D eigenvalue weighted by Gasteiger charge is 2.15. The van der Waals surface area contributed by atoms with Crippen molar-refractivity contribution in [2.75, 3.05) is 0 Å². The molecule has 45 heavy (non-hydrogen) atoms. The Kier molecular flexibility index (Phi) is 6.44. The monoisotopic (exact) mass is 575 g/mol. The van der Waals surface area contributed by atoms with Gasteiger partial charge >= 0.3 is 0 Å². The summed E-state index contributed by atoms with van der Waals surface area (Å²) >= 11 is 0. The van der Waals surface area contributed by atoms with Gasteiger partial charge in [0.05, 0.1) is 22.7 Å². The summed E-state index contributed by atoms with van der Waals surface area (Å²) in [5.74, 6) is 1.69. The van der Waals surface area contributed by atoms with E-state index < -0.39 is 0 Å². The van der Waals surface area contributed by atoms with Crippen LogP contribution >= 0.6 is 0 Å². The van der Waals surface area contributed by atoms with Crippen LogP contribution in [0.2, 0.25) is 0 Å². The Morgan fingerprint density at radius 3 is 1.71 bits per heavy atom. The molecule has 0 N–H and O–H groups in total. The van der Waals surface area contributed by atoms with Gasteiger partial charge in [0.25, 0.3) is 0 Å². The molecular weight excluding hydrogens is 550 g/mol. The van der Waals surface area contributed by atoms with Crippen LogP contribution in [0, 0.1) is 11.3 Å². The summed E-state index contributed by atoms with van der Waals surface area (Å²) in [4.78, 5) is 14.5. The molecule has 6 aromatic carbocycles. The molecule has 2 heterocycles. The molecule has 0 aliphatic carbocycles. The Morgan fingerprint density at radius 2 is 0.978 bits per heavy atom. The van der Waals surface area contributed by atoms with Gasteiger partial charge in [0.1, 0.15) is 0 Å². The van der Waals surface area contributed by atoms with Crippen LogP contribution in [0.5, 0.6) is 0 Å². The van der Waals surface area contributed by atoms with E-state index in [9.17, 15) is 5.26 Å². The van der Waals surface area contributed by atoms with Gasteiger partial charge in [0.15, 0.2) is 17.5 Å². The molecule has 2 aromatic heterocycles. The minimum Gasteiger partial charge on any atom is -0.309 e. The predicted octanol–water partition coefficient (Wildman–Crippen LogP) is 9.51. The largest absolute Gasteiger partial charge is 0.309 e. The number of rotatable bonds is 5. The van der Waals surface area contributed by atoms with Gasteiger partial charge in [-0.15, -0.1) is 0 Å². The summed E-state index contributed by atoms with van der Waals surface area (Å²) in [5, 5.41) is 11.9. The fourth-order valence-electron chi connectivity index (χ4n) is 5.90. The number of aromatic nitrogens is 4. The number of hydrogen-bond acceptors (Lipinski definition) is 4. The molecule has 0 bridgehead atoms. The highest BCUT2D eigenvalue weighted by atomic mass is 15.0. The van der Waals surface area contributed by atoms with Crippen molar-refractivity contribution < 1.29 is 0 Å². The normalized spacial score (nSPS) is 11.1. The molecule has 5 heteroatoms. The standard InChI is InChI=1S/C40H25N5/c41-26-27-10-9-13-32(24-27)40-43-38(29-11-3-1-4-12-29)42-39(44-40)30-20-18-28(19-21-30)31-22-23-37-35(25-31)34-16-7-8-17-36(34)45(37)33-14-5-2-6-15-33/h1-25H. The van der Waals surface area contributed by atoms with Crippen molar-refractivity contribution in [2.45, 2.75) is 0 Å². The summed E-state index contributed by atoms with van der Waals surface area (Å²) in [7, 11) is 0. The Labute approximate surface area is 260 Å². The maximum Gasteiger partial charge on any atom is 0.164 e. The van der Waals surface area contributed by atoms with Crippen molar-refractivity contribution >= 4 is 21.8 Å². The topological polar surface area (TPSA) is 67.4 Å².